The number of aromatic hydroxyl groups is 1. The number of hydrogen-bond donors (Lipinski definition) is 1. The molecule has 0 aliphatic heterocycles. The van der Waals surface area contributed by atoms with E-state index in [9.17, 15) is 5.11 Å². The van der Waals surface area contributed by atoms with Crippen LogP contribution in [0.5, 0.6) is 5.75 Å². The van der Waals surface area contributed by atoms with Crippen molar-refractivity contribution in [2.75, 3.05) is 0 Å². The van der Waals surface area contributed by atoms with Gasteiger partial charge in [-0.2, -0.15) is 0 Å². The van der Waals surface area contributed by atoms with E-state index in [1.54, 1.807) is 0 Å². The minimum atomic E-state index is 0.395. The van der Waals surface area contributed by atoms with Crippen LogP contribution in [0, 0.1) is 17.8 Å². The smallest absolute Gasteiger partial charge is 0.115 e. The van der Waals surface area contributed by atoms with Gasteiger partial charge < -0.3 is 5.11 Å². The van der Waals surface area contributed by atoms with Crippen LogP contribution in [0.4, 0.5) is 0 Å². The monoisotopic (exact) mass is 328 g/mol. The maximum absolute atomic E-state index is 9.49. The first-order valence-corrected chi connectivity index (χ1v) is 10.5. The van der Waals surface area contributed by atoms with Crippen molar-refractivity contribution in [1.82, 2.24) is 0 Å². The van der Waals surface area contributed by atoms with Crippen molar-refractivity contribution in [3.05, 3.63) is 29.8 Å². The lowest BCUT2D eigenvalue weighted by molar-refractivity contribution is 0.113. The van der Waals surface area contributed by atoms with Gasteiger partial charge in [0.15, 0.2) is 0 Å². The topological polar surface area (TPSA) is 20.2 Å². The second kappa shape index (κ2) is 8.92. The van der Waals surface area contributed by atoms with Crippen LogP contribution in [0.2, 0.25) is 0 Å². The third-order valence-corrected chi connectivity index (χ3v) is 6.80. The molecule has 3 rings (SSSR count). The summed E-state index contributed by atoms with van der Waals surface area (Å²) in [5.41, 5.74) is 1.45. The average Bonchev–Trinajstić information content (AvgIpc) is 2.62. The van der Waals surface area contributed by atoms with Gasteiger partial charge in [-0.3, -0.25) is 0 Å². The maximum Gasteiger partial charge on any atom is 0.115 e. The van der Waals surface area contributed by atoms with E-state index in [-0.39, 0.29) is 0 Å². The van der Waals surface area contributed by atoms with Crippen molar-refractivity contribution >= 4 is 0 Å². The van der Waals surface area contributed by atoms with Crippen LogP contribution in [-0.2, 0) is 0 Å². The van der Waals surface area contributed by atoms with E-state index >= 15 is 0 Å². The first-order valence-electron chi connectivity index (χ1n) is 10.5. The Morgan fingerprint density at radius 3 is 2.33 bits per heavy atom. The minimum Gasteiger partial charge on any atom is -0.508 e. The molecule has 2 aliphatic carbocycles. The number of unbranched alkanes of at least 4 members (excludes halogenated alkanes) is 4. The Bertz CT molecular complexity index is 477. The Labute approximate surface area is 148 Å². The molecule has 2 fully saturated rings. The molecule has 4 unspecified atom stereocenters. The molecule has 1 nitrogen and oxygen atoms in total. The van der Waals surface area contributed by atoms with E-state index in [1.165, 1.54) is 82.6 Å². The Balaban J connectivity index is 1.43. The molecule has 0 amide bonds. The van der Waals surface area contributed by atoms with Gasteiger partial charge in [0.1, 0.15) is 5.75 Å². The minimum absolute atomic E-state index is 0.395. The Morgan fingerprint density at radius 2 is 1.54 bits per heavy atom. The quantitative estimate of drug-likeness (QED) is 0.531. The third kappa shape index (κ3) is 4.77. The fourth-order valence-electron chi connectivity index (χ4n) is 5.33. The Kier molecular flexibility index (Phi) is 6.63. The van der Waals surface area contributed by atoms with Crippen molar-refractivity contribution in [3.8, 4) is 5.75 Å². The number of benzene rings is 1. The van der Waals surface area contributed by atoms with Gasteiger partial charge in [-0.1, -0.05) is 64.0 Å². The molecule has 134 valence electrons. The summed E-state index contributed by atoms with van der Waals surface area (Å²) in [7, 11) is 0. The second-order valence-electron chi connectivity index (χ2n) is 8.50. The first-order chi connectivity index (χ1) is 11.8. The number of phenols is 1. The van der Waals surface area contributed by atoms with Crippen LogP contribution in [0.15, 0.2) is 24.3 Å². The molecule has 0 bridgehead atoms. The molecule has 0 heterocycles. The van der Waals surface area contributed by atoms with Crippen molar-refractivity contribution < 1.29 is 5.11 Å². The molecule has 0 radical (unpaired) electrons. The fourth-order valence-corrected chi connectivity index (χ4v) is 5.33. The lowest BCUT2D eigenvalue weighted by atomic mass is 9.63. The first kappa shape index (κ1) is 17.8. The lowest BCUT2D eigenvalue weighted by Gasteiger charge is -2.42. The van der Waals surface area contributed by atoms with Crippen molar-refractivity contribution in [3.63, 3.8) is 0 Å². The van der Waals surface area contributed by atoms with Crippen LogP contribution in [0.3, 0.4) is 0 Å². The van der Waals surface area contributed by atoms with E-state index in [0.29, 0.717) is 5.75 Å². The average molecular weight is 329 g/mol. The van der Waals surface area contributed by atoms with E-state index in [4.69, 9.17) is 0 Å². The molecular weight excluding hydrogens is 292 g/mol. The van der Waals surface area contributed by atoms with Gasteiger partial charge in [0, 0.05) is 0 Å². The highest BCUT2D eigenvalue weighted by Gasteiger charge is 2.35. The largest absolute Gasteiger partial charge is 0.508 e. The third-order valence-electron chi connectivity index (χ3n) is 6.80. The summed E-state index contributed by atoms with van der Waals surface area (Å²) in [6, 6.07) is 8.00. The van der Waals surface area contributed by atoms with Crippen LogP contribution < -0.4 is 0 Å². The van der Waals surface area contributed by atoms with Gasteiger partial charge in [-0.15, -0.1) is 0 Å². The summed E-state index contributed by atoms with van der Waals surface area (Å²) in [4.78, 5) is 0. The predicted molar refractivity (Wildman–Crippen MR) is 102 cm³/mol. The Hall–Kier alpha value is -0.980. The normalized spacial score (nSPS) is 30.0. The van der Waals surface area contributed by atoms with Gasteiger partial charge in [-0.25, -0.2) is 0 Å². The van der Waals surface area contributed by atoms with Crippen LogP contribution in [-0.4, -0.2) is 5.11 Å². The SMILES string of the molecule is CCCCCCCC1CCC2CC(c3ccc(O)cc3)CCC2C1. The van der Waals surface area contributed by atoms with Gasteiger partial charge in [0.25, 0.3) is 0 Å². The highest BCUT2D eigenvalue weighted by Crippen LogP contribution is 2.48. The van der Waals surface area contributed by atoms with Crippen molar-refractivity contribution in [2.24, 2.45) is 17.8 Å². The van der Waals surface area contributed by atoms with Gasteiger partial charge in [-0.05, 0) is 73.5 Å². The van der Waals surface area contributed by atoms with E-state index in [1.807, 2.05) is 12.1 Å². The number of fused-ring (bicyclic) bond motifs is 1. The molecule has 0 spiro atoms. The lowest BCUT2D eigenvalue weighted by Crippen LogP contribution is -2.30. The zero-order valence-electron chi connectivity index (χ0n) is 15.6. The van der Waals surface area contributed by atoms with Gasteiger partial charge in [0.05, 0.1) is 0 Å². The van der Waals surface area contributed by atoms with Crippen molar-refractivity contribution in [1.29, 1.82) is 0 Å². The zero-order chi connectivity index (χ0) is 16.8. The van der Waals surface area contributed by atoms with E-state index in [2.05, 4.69) is 19.1 Å². The molecular formula is C23H36O. The van der Waals surface area contributed by atoms with Gasteiger partial charge >= 0.3 is 0 Å². The van der Waals surface area contributed by atoms with E-state index in [0.717, 1.165) is 23.7 Å². The highest BCUT2D eigenvalue weighted by molar-refractivity contribution is 5.28. The van der Waals surface area contributed by atoms with Crippen LogP contribution >= 0.6 is 0 Å². The van der Waals surface area contributed by atoms with Crippen LogP contribution in [0.1, 0.15) is 95.5 Å². The molecule has 0 aromatic heterocycles. The summed E-state index contributed by atoms with van der Waals surface area (Å²) >= 11 is 0. The van der Waals surface area contributed by atoms with E-state index < -0.39 is 0 Å². The maximum atomic E-state index is 9.49. The predicted octanol–water partition coefficient (Wildman–Crippen LogP) is 7.05. The molecule has 1 heteroatoms. The molecule has 2 saturated carbocycles. The summed E-state index contributed by atoms with van der Waals surface area (Å²) in [5.74, 6) is 4.13. The summed E-state index contributed by atoms with van der Waals surface area (Å²) in [6.07, 6.45) is 17.3. The highest BCUT2D eigenvalue weighted by atomic mass is 16.3. The molecule has 1 aromatic rings. The summed E-state index contributed by atoms with van der Waals surface area (Å²) < 4.78 is 0. The number of phenolic OH excluding ortho intramolecular Hbond substituents is 1. The fraction of sp³-hybridized carbons (Fsp3) is 0.739. The molecule has 0 saturated heterocycles. The molecule has 1 aromatic carbocycles. The van der Waals surface area contributed by atoms with Gasteiger partial charge in [0.2, 0.25) is 0 Å². The molecule has 4 atom stereocenters. The standard InChI is InChI=1S/C23H36O/c1-2-3-4-5-6-7-18-8-9-22-17-21(11-10-20(22)16-18)19-12-14-23(24)15-13-19/h12-15,18,20-22,24H,2-11,16-17H2,1H3. The Morgan fingerprint density at radius 1 is 0.833 bits per heavy atom. The molecule has 1 N–H and O–H groups in total. The zero-order valence-corrected chi connectivity index (χ0v) is 15.6. The second-order valence-corrected chi connectivity index (χ2v) is 8.50. The number of rotatable bonds is 7. The molecule has 2 aliphatic rings. The molecule has 24 heavy (non-hydrogen) atoms. The number of hydrogen-bond acceptors (Lipinski definition) is 1. The summed E-state index contributed by atoms with van der Waals surface area (Å²) in [6.45, 7) is 2.30. The van der Waals surface area contributed by atoms with Crippen LogP contribution in [0.25, 0.3) is 0 Å². The van der Waals surface area contributed by atoms with Crippen molar-refractivity contribution in [2.45, 2.75) is 89.9 Å². The summed E-state index contributed by atoms with van der Waals surface area (Å²) in [5, 5.41) is 9.49.